The Morgan fingerprint density at radius 3 is 2.36 bits per heavy atom. The highest BCUT2D eigenvalue weighted by Crippen LogP contribution is 2.37. The predicted molar refractivity (Wildman–Crippen MR) is 94.4 cm³/mol. The molecule has 0 unspecified atom stereocenters. The molecule has 0 atom stereocenters. The second kappa shape index (κ2) is 5.18. The molecule has 0 N–H and O–H groups in total. The molecule has 22 heavy (non-hydrogen) atoms. The maximum Gasteiger partial charge on any atom is 0.160 e. The molecular weight excluding hydrogens is 288 g/mol. The second-order valence-corrected chi connectivity index (χ2v) is 6.78. The van der Waals surface area contributed by atoms with Gasteiger partial charge in [0.25, 0.3) is 0 Å². The Hall–Kier alpha value is -2.26. The van der Waals surface area contributed by atoms with Gasteiger partial charge in [0.05, 0.1) is 15.9 Å². The van der Waals surface area contributed by atoms with Gasteiger partial charge in [-0.3, -0.25) is 0 Å². The highest BCUT2D eigenvalue weighted by Gasteiger charge is 2.16. The van der Waals surface area contributed by atoms with Crippen LogP contribution in [0, 0.1) is 0 Å². The third-order valence-electron chi connectivity index (χ3n) is 3.82. The highest BCUT2D eigenvalue weighted by molar-refractivity contribution is 7.25. The molecule has 0 fully saturated rings. The molecule has 108 valence electrons. The van der Waals surface area contributed by atoms with Crippen LogP contribution >= 0.6 is 11.3 Å². The average Bonchev–Trinajstić information content (AvgIpc) is 2.93. The van der Waals surface area contributed by atoms with Crippen molar-refractivity contribution in [3.05, 3.63) is 60.3 Å². The zero-order chi connectivity index (χ0) is 15.1. The van der Waals surface area contributed by atoms with E-state index in [2.05, 4.69) is 50.2 Å². The van der Waals surface area contributed by atoms with Gasteiger partial charge < -0.3 is 0 Å². The van der Waals surface area contributed by atoms with E-state index in [0.717, 1.165) is 22.6 Å². The van der Waals surface area contributed by atoms with E-state index in [1.54, 1.807) is 11.3 Å². The quantitative estimate of drug-likeness (QED) is 0.479. The molecule has 0 saturated heterocycles. The molecule has 0 aliphatic heterocycles. The summed E-state index contributed by atoms with van der Waals surface area (Å²) >= 11 is 1.80. The van der Waals surface area contributed by atoms with Gasteiger partial charge in [0.2, 0.25) is 0 Å². The first-order valence-electron chi connectivity index (χ1n) is 7.48. The van der Waals surface area contributed by atoms with Gasteiger partial charge in [-0.05, 0) is 12.0 Å². The number of rotatable bonds is 2. The fourth-order valence-electron chi connectivity index (χ4n) is 2.72. The lowest BCUT2D eigenvalue weighted by Crippen LogP contribution is -1.98. The summed E-state index contributed by atoms with van der Waals surface area (Å²) in [5.74, 6) is 1.20. The van der Waals surface area contributed by atoms with Crippen molar-refractivity contribution in [2.45, 2.75) is 19.8 Å². The first-order chi connectivity index (χ1) is 10.7. The number of fused-ring (bicyclic) bond motifs is 3. The summed E-state index contributed by atoms with van der Waals surface area (Å²) in [6.07, 6.45) is 0. The van der Waals surface area contributed by atoms with E-state index in [1.807, 2.05) is 18.2 Å². The summed E-state index contributed by atoms with van der Waals surface area (Å²) in [4.78, 5) is 9.74. The van der Waals surface area contributed by atoms with Gasteiger partial charge in [0, 0.05) is 15.6 Å². The van der Waals surface area contributed by atoms with Crippen LogP contribution in [0.25, 0.3) is 31.7 Å². The Balaban J connectivity index is 2.10. The number of benzene rings is 2. The molecular formula is C19H16N2S. The van der Waals surface area contributed by atoms with Crippen LogP contribution in [0.2, 0.25) is 0 Å². The highest BCUT2D eigenvalue weighted by atomic mass is 32.1. The fourth-order valence-corrected chi connectivity index (χ4v) is 4.00. The van der Waals surface area contributed by atoms with Crippen molar-refractivity contribution >= 4 is 31.6 Å². The third-order valence-corrected chi connectivity index (χ3v) is 5.01. The van der Waals surface area contributed by atoms with Crippen LogP contribution in [0.1, 0.15) is 25.5 Å². The number of aromatic nitrogens is 2. The van der Waals surface area contributed by atoms with Crippen molar-refractivity contribution in [1.29, 1.82) is 0 Å². The summed E-state index contributed by atoms with van der Waals surface area (Å²) < 4.78 is 2.50. The maximum atomic E-state index is 4.88. The van der Waals surface area contributed by atoms with Gasteiger partial charge in [-0.1, -0.05) is 62.4 Å². The van der Waals surface area contributed by atoms with E-state index in [-0.39, 0.29) is 0 Å². The minimum Gasteiger partial charge on any atom is -0.231 e. The SMILES string of the molecule is CC(C)c1nc(-c2ccccc2)nc2c1sc1ccccc12. The van der Waals surface area contributed by atoms with E-state index in [1.165, 1.54) is 14.8 Å². The molecule has 0 bridgehead atoms. The summed E-state index contributed by atoms with van der Waals surface area (Å²) in [5, 5.41) is 1.23. The van der Waals surface area contributed by atoms with Crippen LogP contribution in [0.3, 0.4) is 0 Å². The van der Waals surface area contributed by atoms with Gasteiger partial charge in [0.15, 0.2) is 5.82 Å². The van der Waals surface area contributed by atoms with Gasteiger partial charge in [-0.15, -0.1) is 11.3 Å². The normalized spacial score (nSPS) is 11.6. The lowest BCUT2D eigenvalue weighted by molar-refractivity contribution is 0.833. The second-order valence-electron chi connectivity index (χ2n) is 5.73. The first-order valence-corrected chi connectivity index (χ1v) is 8.30. The minimum atomic E-state index is 0.376. The van der Waals surface area contributed by atoms with E-state index < -0.39 is 0 Å². The van der Waals surface area contributed by atoms with E-state index in [9.17, 15) is 0 Å². The number of thiophene rings is 1. The van der Waals surface area contributed by atoms with Gasteiger partial charge in [-0.2, -0.15) is 0 Å². The van der Waals surface area contributed by atoms with Gasteiger partial charge in [0.1, 0.15) is 0 Å². The van der Waals surface area contributed by atoms with E-state index >= 15 is 0 Å². The van der Waals surface area contributed by atoms with E-state index in [0.29, 0.717) is 5.92 Å². The zero-order valence-corrected chi connectivity index (χ0v) is 13.4. The molecule has 0 aliphatic carbocycles. The Kier molecular flexibility index (Phi) is 3.16. The van der Waals surface area contributed by atoms with Crippen molar-refractivity contribution < 1.29 is 0 Å². The van der Waals surface area contributed by atoms with Crippen LogP contribution < -0.4 is 0 Å². The molecule has 0 amide bonds. The molecule has 3 heteroatoms. The number of hydrogen-bond donors (Lipinski definition) is 0. The van der Waals surface area contributed by atoms with Crippen LogP contribution in [0.5, 0.6) is 0 Å². The topological polar surface area (TPSA) is 25.8 Å². The molecule has 0 aliphatic rings. The van der Waals surface area contributed by atoms with Crippen LogP contribution in [0.15, 0.2) is 54.6 Å². The molecule has 0 saturated carbocycles. The van der Waals surface area contributed by atoms with Crippen LogP contribution in [-0.4, -0.2) is 9.97 Å². The van der Waals surface area contributed by atoms with Crippen molar-refractivity contribution in [2.75, 3.05) is 0 Å². The molecule has 2 nitrogen and oxygen atoms in total. The molecule has 2 aromatic heterocycles. The summed E-state index contributed by atoms with van der Waals surface area (Å²) in [5.41, 5.74) is 3.30. The van der Waals surface area contributed by atoms with E-state index in [4.69, 9.17) is 9.97 Å². The van der Waals surface area contributed by atoms with Crippen molar-refractivity contribution in [1.82, 2.24) is 9.97 Å². The van der Waals surface area contributed by atoms with Gasteiger partial charge in [-0.25, -0.2) is 9.97 Å². The largest absolute Gasteiger partial charge is 0.231 e. The molecule has 0 radical (unpaired) electrons. The minimum absolute atomic E-state index is 0.376. The number of nitrogens with zero attached hydrogens (tertiary/aromatic N) is 2. The van der Waals surface area contributed by atoms with Crippen molar-refractivity contribution in [2.24, 2.45) is 0 Å². The Labute approximate surface area is 133 Å². The Bertz CT molecular complexity index is 955. The smallest absolute Gasteiger partial charge is 0.160 e. The molecule has 2 heterocycles. The van der Waals surface area contributed by atoms with Crippen molar-refractivity contribution in [3.63, 3.8) is 0 Å². The first kappa shape index (κ1) is 13.4. The molecule has 2 aromatic carbocycles. The third kappa shape index (κ3) is 2.09. The molecule has 4 rings (SSSR count). The Morgan fingerprint density at radius 1 is 0.864 bits per heavy atom. The Morgan fingerprint density at radius 2 is 1.59 bits per heavy atom. The monoisotopic (exact) mass is 304 g/mol. The lowest BCUT2D eigenvalue weighted by atomic mass is 10.1. The number of hydrogen-bond acceptors (Lipinski definition) is 3. The standard InChI is InChI=1S/C19H16N2S/c1-12(2)16-18-17(14-10-6-7-11-15(14)22-18)21-19(20-16)13-8-4-3-5-9-13/h3-12H,1-2H3. The summed E-state index contributed by atoms with van der Waals surface area (Å²) in [6.45, 7) is 4.39. The van der Waals surface area contributed by atoms with Gasteiger partial charge >= 0.3 is 0 Å². The maximum absolute atomic E-state index is 4.88. The molecule has 0 spiro atoms. The van der Waals surface area contributed by atoms with Crippen molar-refractivity contribution in [3.8, 4) is 11.4 Å². The summed E-state index contributed by atoms with van der Waals surface area (Å²) in [6, 6.07) is 18.7. The van der Waals surface area contributed by atoms with Crippen LogP contribution in [-0.2, 0) is 0 Å². The summed E-state index contributed by atoms with van der Waals surface area (Å²) in [7, 11) is 0. The zero-order valence-electron chi connectivity index (χ0n) is 12.6. The van der Waals surface area contributed by atoms with Crippen LogP contribution in [0.4, 0.5) is 0 Å². The predicted octanol–water partition coefficient (Wildman–Crippen LogP) is 5.63. The lowest BCUT2D eigenvalue weighted by Gasteiger charge is -2.08. The molecule has 4 aromatic rings. The fraction of sp³-hybridized carbons (Fsp3) is 0.158. The average molecular weight is 304 g/mol.